The highest BCUT2D eigenvalue weighted by atomic mass is 16.6. The van der Waals surface area contributed by atoms with Crippen LogP contribution in [0.4, 0.5) is 5.82 Å². The van der Waals surface area contributed by atoms with Gasteiger partial charge in [0.1, 0.15) is 18.5 Å². The van der Waals surface area contributed by atoms with E-state index in [-0.39, 0.29) is 0 Å². The molecule has 0 spiro atoms. The number of rotatable bonds is 4. The Morgan fingerprint density at radius 3 is 2.64 bits per heavy atom. The number of fused-ring (bicyclic) bond motifs is 1. The number of aliphatic hydroxyl groups excluding tert-OH is 2. The molecule has 1 fully saturated rings. The highest BCUT2D eigenvalue weighted by Gasteiger charge is 2.42. The largest absolute Gasteiger partial charge is 0.388 e. The average molecular weight is 341 g/mol. The monoisotopic (exact) mass is 341 g/mol. The maximum absolute atomic E-state index is 10.2. The molecule has 0 saturated carbocycles. The lowest BCUT2D eigenvalue weighted by Crippen LogP contribution is -2.30. The van der Waals surface area contributed by atoms with Gasteiger partial charge in [-0.05, 0) is 12.5 Å². The molecule has 3 heterocycles. The highest BCUT2D eigenvalue weighted by molar-refractivity contribution is 5.82. The topological polar surface area (TPSA) is 105 Å². The molecule has 1 aliphatic heterocycles. The zero-order chi connectivity index (χ0) is 17.4. The smallest absolute Gasteiger partial charge is 0.167 e. The predicted octanol–water partition coefficient (Wildman–Crippen LogP) is 1.08. The van der Waals surface area contributed by atoms with Crippen LogP contribution in [0.5, 0.6) is 0 Å². The number of anilines is 1. The number of hydrogen-bond acceptors (Lipinski definition) is 7. The predicted molar refractivity (Wildman–Crippen MR) is 90.7 cm³/mol. The van der Waals surface area contributed by atoms with Gasteiger partial charge < -0.3 is 20.3 Å². The molecule has 0 unspecified atom stereocenters. The number of nitrogens with zero attached hydrogens (tertiary/aromatic N) is 4. The van der Waals surface area contributed by atoms with Crippen LogP contribution in [0.2, 0.25) is 0 Å². The van der Waals surface area contributed by atoms with Gasteiger partial charge in [0, 0.05) is 6.54 Å². The van der Waals surface area contributed by atoms with E-state index in [1.54, 1.807) is 17.8 Å². The molecule has 1 saturated heterocycles. The van der Waals surface area contributed by atoms with Crippen molar-refractivity contribution < 1.29 is 14.9 Å². The maximum Gasteiger partial charge on any atom is 0.167 e. The van der Waals surface area contributed by atoms with Crippen molar-refractivity contribution >= 4 is 17.0 Å². The summed E-state index contributed by atoms with van der Waals surface area (Å²) in [6.07, 6.45) is -0.189. The quantitative estimate of drug-likeness (QED) is 0.652. The van der Waals surface area contributed by atoms with Crippen molar-refractivity contribution in [2.24, 2.45) is 0 Å². The third kappa shape index (κ3) is 2.84. The Bertz CT molecular complexity index is 869. The van der Waals surface area contributed by atoms with E-state index in [0.29, 0.717) is 23.5 Å². The van der Waals surface area contributed by atoms with Crippen LogP contribution in [0.3, 0.4) is 0 Å². The molecule has 1 aromatic carbocycles. The molecule has 4 atom stereocenters. The van der Waals surface area contributed by atoms with Gasteiger partial charge in [-0.15, -0.1) is 0 Å². The minimum Gasteiger partial charge on any atom is -0.388 e. The molecule has 2 aromatic heterocycles. The number of ether oxygens (including phenoxy) is 1. The first-order chi connectivity index (χ1) is 12.1. The van der Waals surface area contributed by atoms with Crippen LogP contribution < -0.4 is 5.32 Å². The third-order valence-electron chi connectivity index (χ3n) is 4.41. The second-order valence-corrected chi connectivity index (χ2v) is 6.10. The van der Waals surface area contributed by atoms with Gasteiger partial charge in [0.25, 0.3) is 0 Å². The Kier molecular flexibility index (Phi) is 4.08. The van der Waals surface area contributed by atoms with Gasteiger partial charge in [0.05, 0.1) is 12.4 Å². The number of imidazole rings is 1. The van der Waals surface area contributed by atoms with E-state index in [0.717, 1.165) is 5.56 Å². The maximum atomic E-state index is 10.2. The first kappa shape index (κ1) is 15.9. The minimum atomic E-state index is -1.04. The molecule has 8 heteroatoms. The normalized spacial score (nSPS) is 26.2. The molecule has 8 nitrogen and oxygen atoms in total. The highest BCUT2D eigenvalue weighted by Crippen LogP contribution is 2.31. The van der Waals surface area contributed by atoms with E-state index in [9.17, 15) is 10.2 Å². The first-order valence-electron chi connectivity index (χ1n) is 8.12. The Balaban J connectivity index is 1.62. The summed E-state index contributed by atoms with van der Waals surface area (Å²) < 4.78 is 7.28. The van der Waals surface area contributed by atoms with Crippen molar-refractivity contribution in [3.05, 3.63) is 48.5 Å². The molecule has 0 amide bonds. The van der Waals surface area contributed by atoms with Crippen molar-refractivity contribution in [3.8, 4) is 0 Å². The lowest BCUT2D eigenvalue weighted by atomic mass is 10.1. The molecular formula is C17H19N5O3. The number of hydrogen-bond donors (Lipinski definition) is 3. The van der Waals surface area contributed by atoms with Crippen LogP contribution in [0, 0.1) is 0 Å². The van der Waals surface area contributed by atoms with Crippen molar-refractivity contribution in [2.45, 2.75) is 38.0 Å². The second kappa shape index (κ2) is 6.40. The number of nitrogens with one attached hydrogen (secondary N) is 1. The van der Waals surface area contributed by atoms with Crippen LogP contribution in [0.15, 0.2) is 43.0 Å². The molecule has 0 aliphatic carbocycles. The SMILES string of the molecule is C[C@H]1O[C@@H](n2cnc3c(NCc4ccccc4)ncnc32)[C@H](O)[C@@H]1O. The van der Waals surface area contributed by atoms with Gasteiger partial charge in [-0.1, -0.05) is 30.3 Å². The molecule has 25 heavy (non-hydrogen) atoms. The van der Waals surface area contributed by atoms with E-state index < -0.39 is 24.5 Å². The minimum absolute atomic E-state index is 0.463. The summed E-state index contributed by atoms with van der Waals surface area (Å²) in [6, 6.07) is 9.97. The summed E-state index contributed by atoms with van der Waals surface area (Å²) in [5.74, 6) is 0.605. The lowest BCUT2D eigenvalue weighted by molar-refractivity contribution is -0.0299. The fourth-order valence-electron chi connectivity index (χ4n) is 3.01. The van der Waals surface area contributed by atoms with E-state index in [4.69, 9.17) is 4.74 Å². The number of aliphatic hydroxyl groups is 2. The molecule has 0 bridgehead atoms. The van der Waals surface area contributed by atoms with Gasteiger partial charge in [0.2, 0.25) is 0 Å². The van der Waals surface area contributed by atoms with Crippen LogP contribution in [-0.2, 0) is 11.3 Å². The van der Waals surface area contributed by atoms with Crippen LogP contribution in [-0.4, -0.2) is 48.0 Å². The van der Waals surface area contributed by atoms with E-state index >= 15 is 0 Å². The summed E-state index contributed by atoms with van der Waals surface area (Å²) in [6.45, 7) is 2.33. The zero-order valence-corrected chi connectivity index (χ0v) is 13.6. The Labute approximate surface area is 144 Å². The van der Waals surface area contributed by atoms with Gasteiger partial charge in [-0.2, -0.15) is 0 Å². The Hall–Kier alpha value is -2.55. The van der Waals surface area contributed by atoms with Crippen LogP contribution in [0.1, 0.15) is 18.7 Å². The zero-order valence-electron chi connectivity index (χ0n) is 13.6. The molecular weight excluding hydrogens is 322 g/mol. The average Bonchev–Trinajstić information content (AvgIpc) is 3.18. The summed E-state index contributed by atoms with van der Waals surface area (Å²) in [5.41, 5.74) is 2.25. The summed E-state index contributed by atoms with van der Waals surface area (Å²) in [5, 5.41) is 23.4. The summed E-state index contributed by atoms with van der Waals surface area (Å²) >= 11 is 0. The molecule has 130 valence electrons. The number of aromatic nitrogens is 4. The lowest BCUT2D eigenvalue weighted by Gasteiger charge is -2.16. The molecule has 3 aromatic rings. The van der Waals surface area contributed by atoms with Gasteiger partial charge in [-0.3, -0.25) is 4.57 Å². The van der Waals surface area contributed by atoms with Gasteiger partial charge in [0.15, 0.2) is 23.2 Å². The number of benzene rings is 1. The van der Waals surface area contributed by atoms with Crippen LogP contribution >= 0.6 is 0 Å². The summed E-state index contributed by atoms with van der Waals surface area (Å²) in [4.78, 5) is 12.9. The fraction of sp³-hybridized carbons (Fsp3) is 0.353. The van der Waals surface area contributed by atoms with Crippen molar-refractivity contribution in [3.63, 3.8) is 0 Å². The molecule has 3 N–H and O–H groups in total. The Morgan fingerprint density at radius 1 is 1.12 bits per heavy atom. The Morgan fingerprint density at radius 2 is 1.92 bits per heavy atom. The van der Waals surface area contributed by atoms with E-state index in [1.165, 1.54) is 6.33 Å². The molecule has 1 aliphatic rings. The molecule has 4 rings (SSSR count). The third-order valence-corrected chi connectivity index (χ3v) is 4.41. The summed E-state index contributed by atoms with van der Waals surface area (Å²) in [7, 11) is 0. The molecule has 0 radical (unpaired) electrons. The second-order valence-electron chi connectivity index (χ2n) is 6.10. The van der Waals surface area contributed by atoms with Crippen molar-refractivity contribution in [1.82, 2.24) is 19.5 Å². The van der Waals surface area contributed by atoms with Gasteiger partial charge in [-0.25, -0.2) is 15.0 Å². The van der Waals surface area contributed by atoms with E-state index in [1.807, 2.05) is 30.3 Å². The van der Waals surface area contributed by atoms with Crippen molar-refractivity contribution in [2.75, 3.05) is 5.32 Å². The van der Waals surface area contributed by atoms with Crippen LogP contribution in [0.25, 0.3) is 11.2 Å². The standard InChI is InChI=1S/C17H19N5O3/c1-10-13(23)14(24)17(25-10)22-9-21-12-15(19-8-20-16(12)22)18-7-11-5-3-2-4-6-11/h2-6,8-10,13-14,17,23-24H,7H2,1H3,(H,18,19,20)/t10-,13-,14-,17-/m1/s1. The van der Waals surface area contributed by atoms with Crippen molar-refractivity contribution in [1.29, 1.82) is 0 Å². The van der Waals surface area contributed by atoms with E-state index in [2.05, 4.69) is 20.3 Å². The fourth-order valence-corrected chi connectivity index (χ4v) is 3.01. The van der Waals surface area contributed by atoms with Gasteiger partial charge >= 0.3 is 0 Å². The first-order valence-corrected chi connectivity index (χ1v) is 8.12.